The van der Waals surface area contributed by atoms with E-state index in [0.717, 1.165) is 22.9 Å². The highest BCUT2D eigenvalue weighted by molar-refractivity contribution is 7.88. The molecule has 0 saturated heterocycles. The van der Waals surface area contributed by atoms with Crippen molar-refractivity contribution in [3.8, 4) is 11.1 Å². The first-order valence-corrected chi connectivity index (χ1v) is 12.5. The van der Waals surface area contributed by atoms with Gasteiger partial charge in [0.2, 0.25) is 10.0 Å². The van der Waals surface area contributed by atoms with Crippen LogP contribution in [0.15, 0.2) is 59.4 Å². The van der Waals surface area contributed by atoms with Crippen LogP contribution >= 0.6 is 23.2 Å². The molecule has 2 atom stereocenters. The van der Waals surface area contributed by atoms with Gasteiger partial charge in [-0.15, -0.1) is 0 Å². The monoisotopic (exact) mass is 477 g/mol. The summed E-state index contributed by atoms with van der Waals surface area (Å²) in [6.07, 6.45) is 2.47. The number of aromatic nitrogens is 2. The molecule has 0 radical (unpaired) electrons. The molecule has 1 N–H and O–H groups in total. The zero-order valence-corrected chi connectivity index (χ0v) is 19.1. The van der Waals surface area contributed by atoms with Crippen molar-refractivity contribution in [2.45, 2.75) is 31.3 Å². The molecule has 3 aromatic rings. The predicted molar refractivity (Wildman–Crippen MR) is 123 cm³/mol. The third-order valence-corrected chi connectivity index (χ3v) is 6.73. The lowest BCUT2D eigenvalue weighted by Gasteiger charge is -2.35. The van der Waals surface area contributed by atoms with E-state index in [4.69, 9.17) is 23.2 Å². The third kappa shape index (κ3) is 4.85. The Labute approximate surface area is 190 Å². The van der Waals surface area contributed by atoms with Crippen LogP contribution in [0.3, 0.4) is 0 Å². The molecule has 2 heterocycles. The molecular weight excluding hydrogens is 457 g/mol. The largest absolute Gasteiger partial charge is 0.302 e. The van der Waals surface area contributed by atoms with Gasteiger partial charge in [0.1, 0.15) is 0 Å². The molecule has 0 fully saturated rings. The van der Waals surface area contributed by atoms with Gasteiger partial charge in [-0.2, -0.15) is 0 Å². The van der Waals surface area contributed by atoms with Crippen LogP contribution in [0.1, 0.15) is 23.7 Å². The molecule has 9 heteroatoms. The molecule has 0 unspecified atom stereocenters. The summed E-state index contributed by atoms with van der Waals surface area (Å²) in [6, 6.07) is 17.0. The first-order valence-electron chi connectivity index (χ1n) is 9.81. The Balaban J connectivity index is 1.78. The van der Waals surface area contributed by atoms with Gasteiger partial charge in [-0.3, -0.25) is 4.79 Å². The summed E-state index contributed by atoms with van der Waals surface area (Å²) in [4.78, 5) is 16.8. The van der Waals surface area contributed by atoms with Crippen LogP contribution in [-0.2, 0) is 22.9 Å². The third-order valence-electron chi connectivity index (χ3n) is 5.45. The lowest BCUT2D eigenvalue weighted by molar-refractivity contribution is 0.314. The van der Waals surface area contributed by atoms with Crippen molar-refractivity contribution in [2.24, 2.45) is 0 Å². The lowest BCUT2D eigenvalue weighted by Crippen LogP contribution is -2.48. The highest BCUT2D eigenvalue weighted by Gasteiger charge is 2.34. The standard InChI is InChI=1S/C22H21Cl2N3O3S/c1-31(29,30)26-17-10-11-18-20(23)25-21(24)22(28)27(18)19(17)13-14-6-5-9-16(12-14)15-7-3-2-4-8-15/h2-9,12,17,19,26H,10-11,13H2,1H3/t17-,19-/m0/s1. The van der Waals surface area contributed by atoms with Crippen LogP contribution in [0.4, 0.5) is 0 Å². The fourth-order valence-corrected chi connectivity index (χ4v) is 5.47. The van der Waals surface area contributed by atoms with Crippen LogP contribution < -0.4 is 10.3 Å². The zero-order valence-electron chi connectivity index (χ0n) is 16.8. The zero-order chi connectivity index (χ0) is 22.2. The molecular formula is C22H21Cl2N3O3S. The maximum Gasteiger partial charge on any atom is 0.288 e. The molecule has 0 amide bonds. The smallest absolute Gasteiger partial charge is 0.288 e. The fourth-order valence-electron chi connectivity index (χ4n) is 4.15. The van der Waals surface area contributed by atoms with E-state index >= 15 is 0 Å². The van der Waals surface area contributed by atoms with Gasteiger partial charge in [-0.1, -0.05) is 77.8 Å². The molecule has 0 saturated carbocycles. The van der Waals surface area contributed by atoms with E-state index < -0.39 is 27.7 Å². The fraction of sp³-hybridized carbons (Fsp3) is 0.273. The highest BCUT2D eigenvalue weighted by Crippen LogP contribution is 2.32. The Kier molecular flexibility index (Phi) is 6.21. The van der Waals surface area contributed by atoms with Gasteiger partial charge in [0.05, 0.1) is 18.0 Å². The van der Waals surface area contributed by atoms with Crippen LogP contribution in [0.5, 0.6) is 0 Å². The summed E-state index contributed by atoms with van der Waals surface area (Å²) < 4.78 is 28.2. The van der Waals surface area contributed by atoms with Crippen LogP contribution in [-0.4, -0.2) is 30.3 Å². The highest BCUT2D eigenvalue weighted by atomic mass is 35.5. The van der Waals surface area contributed by atoms with Gasteiger partial charge >= 0.3 is 0 Å². The number of benzene rings is 2. The number of sulfonamides is 1. The Morgan fingerprint density at radius 3 is 2.48 bits per heavy atom. The van der Waals surface area contributed by atoms with E-state index in [1.165, 1.54) is 4.57 Å². The van der Waals surface area contributed by atoms with Crippen molar-refractivity contribution in [3.63, 3.8) is 0 Å². The molecule has 2 aromatic carbocycles. The first kappa shape index (κ1) is 22.0. The number of nitrogens with zero attached hydrogens (tertiary/aromatic N) is 2. The van der Waals surface area contributed by atoms with Crippen molar-refractivity contribution in [1.82, 2.24) is 14.3 Å². The number of hydrogen-bond acceptors (Lipinski definition) is 4. The van der Waals surface area contributed by atoms with Gasteiger partial charge < -0.3 is 4.57 Å². The Morgan fingerprint density at radius 2 is 1.77 bits per heavy atom. The number of hydrogen-bond donors (Lipinski definition) is 1. The average molecular weight is 478 g/mol. The maximum absolute atomic E-state index is 12.9. The molecule has 0 spiro atoms. The van der Waals surface area contributed by atoms with Crippen molar-refractivity contribution >= 4 is 33.2 Å². The SMILES string of the molecule is CS(=O)(=O)N[C@H]1CCc2c(Cl)nc(Cl)c(=O)n2[C@H]1Cc1cccc(-c2ccccc2)c1. The van der Waals surface area contributed by atoms with E-state index in [1.54, 1.807) is 0 Å². The summed E-state index contributed by atoms with van der Waals surface area (Å²) in [7, 11) is -3.48. The van der Waals surface area contributed by atoms with Gasteiger partial charge in [0.15, 0.2) is 10.3 Å². The molecule has 31 heavy (non-hydrogen) atoms. The molecule has 1 aliphatic rings. The summed E-state index contributed by atoms with van der Waals surface area (Å²) in [5.41, 5.74) is 3.19. The lowest BCUT2D eigenvalue weighted by atomic mass is 9.91. The van der Waals surface area contributed by atoms with E-state index in [1.807, 2.05) is 48.5 Å². The second kappa shape index (κ2) is 8.74. The van der Waals surface area contributed by atoms with Gasteiger partial charge in [-0.25, -0.2) is 18.1 Å². The van der Waals surface area contributed by atoms with Gasteiger partial charge in [0.25, 0.3) is 5.56 Å². The number of rotatable bonds is 5. The number of halogens is 2. The summed E-state index contributed by atoms with van der Waals surface area (Å²) in [6.45, 7) is 0. The normalized spacial score (nSPS) is 18.5. The van der Waals surface area contributed by atoms with Crippen molar-refractivity contribution in [2.75, 3.05) is 6.26 Å². The van der Waals surface area contributed by atoms with Crippen LogP contribution in [0.2, 0.25) is 10.3 Å². The summed E-state index contributed by atoms with van der Waals surface area (Å²) in [5, 5.41) is -0.0535. The Hall–Kier alpha value is -2.19. The maximum atomic E-state index is 12.9. The van der Waals surface area contributed by atoms with Crippen LogP contribution in [0, 0.1) is 0 Å². The summed E-state index contributed by atoms with van der Waals surface area (Å²) in [5.74, 6) is 0. The quantitative estimate of drug-likeness (QED) is 0.604. The molecule has 0 bridgehead atoms. The first-order chi connectivity index (χ1) is 14.7. The molecule has 162 valence electrons. The minimum atomic E-state index is -3.48. The van der Waals surface area contributed by atoms with Gasteiger partial charge in [-0.05, 0) is 36.0 Å². The second-order valence-corrected chi connectivity index (χ2v) is 10.2. The summed E-state index contributed by atoms with van der Waals surface area (Å²) >= 11 is 12.3. The minimum Gasteiger partial charge on any atom is -0.302 e. The molecule has 1 aliphatic heterocycles. The van der Waals surface area contributed by atoms with Crippen molar-refractivity contribution in [3.05, 3.63) is 86.5 Å². The Bertz CT molecular complexity index is 1280. The number of nitrogens with one attached hydrogen (secondary N) is 1. The van der Waals surface area contributed by atoms with E-state index in [2.05, 4.69) is 15.8 Å². The van der Waals surface area contributed by atoms with Crippen molar-refractivity contribution in [1.29, 1.82) is 0 Å². The number of fused-ring (bicyclic) bond motifs is 1. The second-order valence-electron chi connectivity index (χ2n) is 7.69. The molecule has 4 rings (SSSR count). The molecule has 0 aliphatic carbocycles. The van der Waals surface area contributed by atoms with E-state index in [0.29, 0.717) is 25.0 Å². The van der Waals surface area contributed by atoms with Crippen LogP contribution in [0.25, 0.3) is 11.1 Å². The minimum absolute atomic E-state index is 0.172. The van der Waals surface area contributed by atoms with Gasteiger partial charge in [0, 0.05) is 6.04 Å². The predicted octanol–water partition coefficient (Wildman–Crippen LogP) is 3.86. The topological polar surface area (TPSA) is 81.1 Å². The molecule has 1 aromatic heterocycles. The van der Waals surface area contributed by atoms with Crippen molar-refractivity contribution < 1.29 is 8.42 Å². The van der Waals surface area contributed by atoms with E-state index in [-0.39, 0.29) is 10.3 Å². The molecule has 6 nitrogen and oxygen atoms in total. The average Bonchev–Trinajstić information content (AvgIpc) is 2.73. The van der Waals surface area contributed by atoms with E-state index in [9.17, 15) is 13.2 Å². The Morgan fingerprint density at radius 1 is 1.06 bits per heavy atom.